The Labute approximate surface area is 127 Å². The van der Waals surface area contributed by atoms with Crippen LogP contribution in [0.25, 0.3) is 0 Å². The summed E-state index contributed by atoms with van der Waals surface area (Å²) in [5, 5.41) is 26.9. The van der Waals surface area contributed by atoms with Crippen molar-refractivity contribution >= 4 is 33.2 Å². The van der Waals surface area contributed by atoms with Gasteiger partial charge >= 0.3 is 0 Å². The van der Waals surface area contributed by atoms with E-state index in [9.17, 15) is 20.0 Å². The van der Waals surface area contributed by atoms with Crippen LogP contribution in [0, 0.1) is 17.0 Å². The summed E-state index contributed by atoms with van der Waals surface area (Å²) < 4.78 is 1.95. The summed E-state index contributed by atoms with van der Waals surface area (Å²) in [5.41, 5.74) is 0.750. The number of halogens is 1. The number of nitro groups is 1. The molecule has 1 aromatic carbocycles. The number of carbonyl (C=O) groups is 1. The molecule has 0 bridgehead atoms. The van der Waals surface area contributed by atoms with Crippen LogP contribution in [-0.2, 0) is 7.05 Å². The Morgan fingerprint density at radius 1 is 1.52 bits per heavy atom. The number of non-ortho nitro benzene ring substituents is 1. The third-order valence-corrected chi connectivity index (χ3v) is 3.75. The number of amides is 1. The Morgan fingerprint density at radius 3 is 2.67 bits per heavy atom. The summed E-state index contributed by atoms with van der Waals surface area (Å²) >= 11 is 3.27. The number of nitro benzene ring substituents is 1. The number of nitrogens with zero attached hydrogens (tertiary/aromatic N) is 3. The normalized spacial score (nSPS) is 10.4. The van der Waals surface area contributed by atoms with Gasteiger partial charge in [0.2, 0.25) is 0 Å². The molecule has 1 amide bonds. The van der Waals surface area contributed by atoms with Gasteiger partial charge in [-0.2, -0.15) is 5.10 Å². The zero-order valence-corrected chi connectivity index (χ0v) is 12.7. The lowest BCUT2D eigenvalue weighted by atomic mass is 10.2. The van der Waals surface area contributed by atoms with Crippen LogP contribution in [0.4, 0.5) is 11.4 Å². The van der Waals surface area contributed by atoms with Gasteiger partial charge in [0.1, 0.15) is 11.4 Å². The molecular weight excluding hydrogens is 344 g/mol. The number of hydrogen-bond acceptors (Lipinski definition) is 5. The van der Waals surface area contributed by atoms with Crippen LogP contribution in [0.3, 0.4) is 0 Å². The zero-order chi connectivity index (χ0) is 15.7. The molecule has 0 atom stereocenters. The lowest BCUT2D eigenvalue weighted by Crippen LogP contribution is -2.16. The number of anilines is 1. The fourth-order valence-electron chi connectivity index (χ4n) is 1.80. The van der Waals surface area contributed by atoms with Crippen LogP contribution >= 0.6 is 15.9 Å². The van der Waals surface area contributed by atoms with Crippen LogP contribution in [0.1, 0.15) is 16.2 Å². The minimum Gasteiger partial charge on any atom is -0.506 e. The Balaban J connectivity index is 2.30. The molecule has 1 aromatic heterocycles. The number of hydrogen-bond donors (Lipinski definition) is 2. The van der Waals surface area contributed by atoms with E-state index in [-0.39, 0.29) is 22.8 Å². The van der Waals surface area contributed by atoms with Gasteiger partial charge in [-0.1, -0.05) is 0 Å². The number of phenols is 1. The van der Waals surface area contributed by atoms with Crippen molar-refractivity contribution in [2.45, 2.75) is 6.92 Å². The number of nitrogens with one attached hydrogen (secondary N) is 1. The maximum Gasteiger partial charge on any atom is 0.275 e. The summed E-state index contributed by atoms with van der Waals surface area (Å²) in [6, 6.07) is 3.43. The average molecular weight is 355 g/mol. The third kappa shape index (κ3) is 2.87. The lowest BCUT2D eigenvalue weighted by molar-refractivity contribution is -0.384. The molecule has 110 valence electrons. The van der Waals surface area contributed by atoms with Gasteiger partial charge in [-0.05, 0) is 28.9 Å². The monoisotopic (exact) mass is 354 g/mol. The predicted octanol–water partition coefficient (Wildman–Crippen LogP) is 2.36. The quantitative estimate of drug-likeness (QED) is 0.499. The molecule has 0 aliphatic heterocycles. The summed E-state index contributed by atoms with van der Waals surface area (Å²) in [7, 11) is 1.61. The summed E-state index contributed by atoms with van der Waals surface area (Å²) in [4.78, 5) is 22.2. The first-order valence-electron chi connectivity index (χ1n) is 5.79. The molecule has 0 radical (unpaired) electrons. The summed E-state index contributed by atoms with van der Waals surface area (Å²) in [6.07, 6.45) is 0. The SMILES string of the molecule is Cc1nn(C)c(C(=O)Nc2ccc([N+](=O)[O-])cc2O)c1Br. The molecule has 21 heavy (non-hydrogen) atoms. The van der Waals surface area contributed by atoms with Crippen molar-refractivity contribution in [2.24, 2.45) is 7.05 Å². The predicted molar refractivity (Wildman–Crippen MR) is 78.4 cm³/mol. The topological polar surface area (TPSA) is 110 Å². The molecule has 0 aliphatic rings. The molecular formula is C12H11BrN4O4. The van der Waals surface area contributed by atoms with Gasteiger partial charge in [0, 0.05) is 13.1 Å². The van der Waals surface area contributed by atoms with E-state index in [1.54, 1.807) is 14.0 Å². The van der Waals surface area contributed by atoms with Crippen LogP contribution in [0.2, 0.25) is 0 Å². The van der Waals surface area contributed by atoms with Crippen LogP contribution < -0.4 is 5.32 Å². The minimum absolute atomic E-state index is 0.0800. The largest absolute Gasteiger partial charge is 0.506 e. The first kappa shape index (κ1) is 15.0. The summed E-state index contributed by atoms with van der Waals surface area (Å²) in [5.74, 6) is -0.873. The lowest BCUT2D eigenvalue weighted by Gasteiger charge is -2.07. The first-order chi connectivity index (χ1) is 9.81. The van der Waals surface area contributed by atoms with Gasteiger partial charge in [-0.15, -0.1) is 0 Å². The molecule has 8 nitrogen and oxygen atoms in total. The van der Waals surface area contributed by atoms with Gasteiger partial charge in [-0.25, -0.2) is 0 Å². The van der Waals surface area contributed by atoms with E-state index in [4.69, 9.17) is 0 Å². The third-order valence-electron chi connectivity index (χ3n) is 2.80. The second-order valence-corrected chi connectivity index (χ2v) is 5.08. The second-order valence-electron chi connectivity index (χ2n) is 4.28. The van der Waals surface area contributed by atoms with E-state index in [1.807, 2.05) is 0 Å². The number of rotatable bonds is 3. The van der Waals surface area contributed by atoms with Crippen molar-refractivity contribution in [1.82, 2.24) is 9.78 Å². The fourth-order valence-corrected chi connectivity index (χ4v) is 2.32. The molecule has 0 aliphatic carbocycles. The molecule has 0 saturated carbocycles. The van der Waals surface area contributed by atoms with Gasteiger partial charge in [0.05, 0.1) is 26.8 Å². The van der Waals surface area contributed by atoms with E-state index in [0.29, 0.717) is 10.2 Å². The highest BCUT2D eigenvalue weighted by atomic mass is 79.9. The first-order valence-corrected chi connectivity index (χ1v) is 6.58. The number of aromatic hydroxyl groups is 1. The van der Waals surface area contributed by atoms with Crippen molar-refractivity contribution in [3.8, 4) is 5.75 Å². The Bertz CT molecular complexity index is 741. The van der Waals surface area contributed by atoms with Crippen molar-refractivity contribution in [3.63, 3.8) is 0 Å². The summed E-state index contributed by atoms with van der Waals surface area (Å²) in [6.45, 7) is 1.74. The van der Waals surface area contributed by atoms with Crippen LogP contribution in [0.5, 0.6) is 5.75 Å². The molecule has 0 fully saturated rings. The van der Waals surface area contributed by atoms with E-state index in [0.717, 1.165) is 6.07 Å². The van der Waals surface area contributed by atoms with Crippen molar-refractivity contribution < 1.29 is 14.8 Å². The maximum absolute atomic E-state index is 12.2. The molecule has 9 heteroatoms. The number of phenolic OH excluding ortho intramolecular Hbond substituents is 1. The highest BCUT2D eigenvalue weighted by Gasteiger charge is 2.20. The zero-order valence-electron chi connectivity index (χ0n) is 11.1. The van der Waals surface area contributed by atoms with Crippen molar-refractivity contribution in [2.75, 3.05) is 5.32 Å². The number of aromatic nitrogens is 2. The Morgan fingerprint density at radius 2 is 2.19 bits per heavy atom. The standard InChI is InChI=1S/C12H11BrN4O4/c1-6-10(13)11(16(2)15-6)12(19)14-8-4-3-7(17(20)21)5-9(8)18/h3-5,18H,1-2H3,(H,14,19). The van der Waals surface area contributed by atoms with Gasteiger partial charge in [-0.3, -0.25) is 19.6 Å². The number of benzene rings is 1. The smallest absolute Gasteiger partial charge is 0.275 e. The molecule has 2 N–H and O–H groups in total. The molecule has 1 heterocycles. The second kappa shape index (κ2) is 5.52. The van der Waals surface area contributed by atoms with E-state index in [1.165, 1.54) is 16.8 Å². The minimum atomic E-state index is -0.633. The van der Waals surface area contributed by atoms with E-state index < -0.39 is 10.8 Å². The molecule has 2 aromatic rings. The van der Waals surface area contributed by atoms with Crippen LogP contribution in [0.15, 0.2) is 22.7 Å². The fraction of sp³-hybridized carbons (Fsp3) is 0.167. The van der Waals surface area contributed by atoms with E-state index >= 15 is 0 Å². The molecule has 0 saturated heterocycles. The molecule has 0 spiro atoms. The number of carbonyl (C=O) groups excluding carboxylic acids is 1. The Kier molecular flexibility index (Phi) is 3.94. The van der Waals surface area contributed by atoms with Gasteiger partial charge < -0.3 is 10.4 Å². The number of aryl methyl sites for hydroxylation is 2. The Hall–Kier alpha value is -2.42. The highest BCUT2D eigenvalue weighted by molar-refractivity contribution is 9.10. The molecule has 2 rings (SSSR count). The maximum atomic E-state index is 12.2. The van der Waals surface area contributed by atoms with E-state index in [2.05, 4.69) is 26.3 Å². The highest BCUT2D eigenvalue weighted by Crippen LogP contribution is 2.29. The van der Waals surface area contributed by atoms with Crippen molar-refractivity contribution in [1.29, 1.82) is 0 Å². The van der Waals surface area contributed by atoms with Crippen LogP contribution in [-0.4, -0.2) is 25.7 Å². The average Bonchev–Trinajstić information content (AvgIpc) is 2.65. The van der Waals surface area contributed by atoms with Crippen molar-refractivity contribution in [3.05, 3.63) is 44.2 Å². The molecule has 0 unspecified atom stereocenters. The van der Waals surface area contributed by atoms with Gasteiger partial charge in [0.15, 0.2) is 0 Å². The van der Waals surface area contributed by atoms with Gasteiger partial charge in [0.25, 0.3) is 11.6 Å².